The Morgan fingerprint density at radius 2 is 1.02 bits per heavy atom. The van der Waals surface area contributed by atoms with Crippen LogP contribution in [0, 0.1) is 0 Å². The van der Waals surface area contributed by atoms with Crippen LogP contribution in [0.2, 0.25) is 0 Å². The Hall–Kier alpha value is -1.16. The zero-order chi connectivity index (χ0) is 45.4. The number of rotatable bonds is 45. The van der Waals surface area contributed by atoms with E-state index in [-0.39, 0.29) is 19.6 Å². The minimum absolute atomic E-state index is 0.0397. The second kappa shape index (κ2) is 41.3. The van der Waals surface area contributed by atoms with Gasteiger partial charge in [0.15, 0.2) is 6.29 Å². The highest BCUT2D eigenvalue weighted by atomic mass is 32.3. The molecule has 0 amide bonds. The molecule has 6 unspecified atom stereocenters. The number of unbranched alkanes of at least 4 members (excludes halogenated alkanes) is 30. The van der Waals surface area contributed by atoms with E-state index in [0.29, 0.717) is 13.0 Å². The maximum atomic E-state index is 12.9. The van der Waals surface area contributed by atoms with E-state index in [2.05, 4.69) is 30.2 Å². The van der Waals surface area contributed by atoms with Gasteiger partial charge in [-0.15, -0.1) is 0 Å². The molecule has 1 fully saturated rings. The molecule has 0 spiro atoms. The summed E-state index contributed by atoms with van der Waals surface area (Å²) in [4.78, 5) is 12.9. The highest BCUT2D eigenvalue weighted by Crippen LogP contribution is 2.26. The molecular formula is C49H94O12S. The van der Waals surface area contributed by atoms with E-state index in [4.69, 9.17) is 18.9 Å². The summed E-state index contributed by atoms with van der Waals surface area (Å²) in [5.41, 5.74) is 0. The summed E-state index contributed by atoms with van der Waals surface area (Å²) in [5.74, 6) is -0.395. The summed E-state index contributed by atoms with van der Waals surface area (Å²) >= 11 is 0. The van der Waals surface area contributed by atoms with Gasteiger partial charge in [-0.05, 0) is 38.5 Å². The molecule has 1 rings (SSSR count). The van der Waals surface area contributed by atoms with E-state index in [9.17, 15) is 33.1 Å². The van der Waals surface area contributed by atoms with Gasteiger partial charge in [0.1, 0.15) is 30.5 Å². The maximum Gasteiger partial charge on any atom is 0.397 e. The van der Waals surface area contributed by atoms with Gasteiger partial charge < -0.3 is 34.3 Å². The van der Waals surface area contributed by atoms with E-state index in [1.54, 1.807) is 0 Å². The molecule has 0 aromatic rings. The van der Waals surface area contributed by atoms with Crippen molar-refractivity contribution in [2.75, 3.05) is 26.4 Å². The SMILES string of the molecule is CCCCCCCC/C=C\CCCCCCCCCCOCC(COC1OC(CO)C(O)C(OS(=O)(=O)O)C1O)OC(=O)CCCCCCCCCCCCCCCCCCC. The van der Waals surface area contributed by atoms with Crippen LogP contribution in [0.3, 0.4) is 0 Å². The van der Waals surface area contributed by atoms with Crippen molar-refractivity contribution in [1.82, 2.24) is 0 Å². The Balaban J connectivity index is 2.36. The smallest absolute Gasteiger partial charge is 0.397 e. The van der Waals surface area contributed by atoms with E-state index < -0.39 is 59.8 Å². The van der Waals surface area contributed by atoms with Crippen LogP contribution in [-0.4, -0.2) is 97.5 Å². The van der Waals surface area contributed by atoms with Crippen molar-refractivity contribution >= 4 is 16.4 Å². The van der Waals surface area contributed by atoms with Gasteiger partial charge in [-0.1, -0.05) is 199 Å². The number of carbonyl (C=O) groups excluding carboxylic acids is 1. The van der Waals surface area contributed by atoms with Crippen LogP contribution in [0.15, 0.2) is 12.2 Å². The molecule has 62 heavy (non-hydrogen) atoms. The summed E-state index contributed by atoms with van der Waals surface area (Å²) in [6.45, 7) is 4.02. The van der Waals surface area contributed by atoms with Gasteiger partial charge in [0.2, 0.25) is 0 Å². The minimum Gasteiger partial charge on any atom is -0.457 e. The summed E-state index contributed by atoms with van der Waals surface area (Å²) in [7, 11) is -5.06. The number of carbonyl (C=O) groups is 1. The zero-order valence-corrected chi connectivity index (χ0v) is 40.3. The topological polar surface area (TPSA) is 178 Å². The highest BCUT2D eigenvalue weighted by Gasteiger charge is 2.48. The van der Waals surface area contributed by atoms with Crippen LogP contribution in [0.4, 0.5) is 0 Å². The lowest BCUT2D eigenvalue weighted by molar-refractivity contribution is -0.301. The third kappa shape index (κ3) is 34.2. The first-order chi connectivity index (χ1) is 30.1. The molecule has 4 N–H and O–H groups in total. The van der Waals surface area contributed by atoms with Crippen LogP contribution in [0.1, 0.15) is 232 Å². The lowest BCUT2D eigenvalue weighted by Crippen LogP contribution is -2.60. The third-order valence-electron chi connectivity index (χ3n) is 11.9. The summed E-state index contributed by atoms with van der Waals surface area (Å²) in [6.07, 6.45) is 36.7. The van der Waals surface area contributed by atoms with Crippen molar-refractivity contribution in [2.24, 2.45) is 0 Å². The van der Waals surface area contributed by atoms with E-state index in [1.165, 1.54) is 167 Å². The van der Waals surface area contributed by atoms with Gasteiger partial charge in [-0.3, -0.25) is 9.35 Å². The predicted molar refractivity (Wildman–Crippen MR) is 248 cm³/mol. The number of hydrogen-bond donors (Lipinski definition) is 4. The molecule has 13 heteroatoms. The minimum atomic E-state index is -5.06. The summed E-state index contributed by atoms with van der Waals surface area (Å²) < 4.78 is 59.2. The largest absolute Gasteiger partial charge is 0.457 e. The van der Waals surface area contributed by atoms with E-state index in [1.807, 2.05) is 0 Å². The van der Waals surface area contributed by atoms with Gasteiger partial charge >= 0.3 is 16.4 Å². The molecule has 0 bridgehead atoms. The van der Waals surface area contributed by atoms with Crippen molar-refractivity contribution in [1.29, 1.82) is 0 Å². The van der Waals surface area contributed by atoms with Crippen molar-refractivity contribution < 1.29 is 56.2 Å². The second-order valence-corrected chi connectivity index (χ2v) is 18.8. The van der Waals surface area contributed by atoms with Crippen LogP contribution in [0.25, 0.3) is 0 Å². The van der Waals surface area contributed by atoms with E-state index in [0.717, 1.165) is 38.5 Å². The Bertz CT molecular complexity index is 1140. The Morgan fingerprint density at radius 1 is 0.597 bits per heavy atom. The quantitative estimate of drug-likeness (QED) is 0.0197. The van der Waals surface area contributed by atoms with E-state index >= 15 is 0 Å². The van der Waals surface area contributed by atoms with Gasteiger partial charge in [-0.25, -0.2) is 4.18 Å². The molecule has 12 nitrogen and oxygen atoms in total. The molecule has 1 aliphatic rings. The number of allylic oxidation sites excluding steroid dienone is 2. The first-order valence-corrected chi connectivity index (χ1v) is 26.8. The highest BCUT2D eigenvalue weighted by molar-refractivity contribution is 7.80. The normalized spacial score (nSPS) is 20.0. The molecule has 368 valence electrons. The fraction of sp³-hybridized carbons (Fsp3) is 0.939. The predicted octanol–water partition coefficient (Wildman–Crippen LogP) is 11.4. The maximum absolute atomic E-state index is 12.9. The molecule has 1 aliphatic heterocycles. The van der Waals surface area contributed by atoms with Crippen LogP contribution in [-0.2, 0) is 38.3 Å². The zero-order valence-electron chi connectivity index (χ0n) is 39.5. The lowest BCUT2D eigenvalue weighted by Gasteiger charge is -2.41. The number of ether oxygens (including phenoxy) is 4. The standard InChI is InChI=1S/C49H94O12S/c1-3-5-7-9-11-13-15-17-19-21-23-25-27-29-31-33-35-37-39-57-41-43(42-58-49-47(53)48(61-62(54,55)56)46(52)44(40-50)60-49)59-45(51)38-36-34-32-30-28-26-24-22-20-18-16-14-12-10-8-6-4-2/h17,19,43-44,46-50,52-53H,3-16,18,20-42H2,1-2H3,(H,54,55,56)/b19-17-. The first kappa shape index (κ1) is 58.9. The van der Waals surface area contributed by atoms with Crippen molar-refractivity contribution in [3.05, 3.63) is 12.2 Å². The summed E-state index contributed by atoms with van der Waals surface area (Å²) in [5, 5.41) is 30.7. The molecular weight excluding hydrogens is 813 g/mol. The average molecular weight is 907 g/mol. The average Bonchev–Trinajstić information content (AvgIpc) is 3.24. The molecule has 1 saturated heterocycles. The first-order valence-electron chi connectivity index (χ1n) is 25.4. The molecule has 0 saturated carbocycles. The monoisotopic (exact) mass is 907 g/mol. The van der Waals surface area contributed by atoms with Crippen LogP contribution >= 0.6 is 0 Å². The van der Waals surface area contributed by atoms with Gasteiger partial charge in [0.05, 0.1) is 19.8 Å². The molecule has 1 heterocycles. The molecule has 0 aromatic heterocycles. The fourth-order valence-corrected chi connectivity index (χ4v) is 8.53. The van der Waals surface area contributed by atoms with Crippen molar-refractivity contribution in [2.45, 2.75) is 269 Å². The second-order valence-electron chi connectivity index (χ2n) is 17.8. The van der Waals surface area contributed by atoms with Gasteiger partial charge in [0, 0.05) is 13.0 Å². The Morgan fingerprint density at radius 3 is 1.45 bits per heavy atom. The van der Waals surface area contributed by atoms with Crippen LogP contribution in [0.5, 0.6) is 0 Å². The lowest BCUT2D eigenvalue weighted by atomic mass is 9.99. The van der Waals surface area contributed by atoms with Gasteiger partial charge in [0.25, 0.3) is 0 Å². The molecule has 6 atom stereocenters. The van der Waals surface area contributed by atoms with Gasteiger partial charge in [-0.2, -0.15) is 8.42 Å². The third-order valence-corrected chi connectivity index (χ3v) is 12.4. The van der Waals surface area contributed by atoms with Crippen molar-refractivity contribution in [3.8, 4) is 0 Å². The van der Waals surface area contributed by atoms with Crippen molar-refractivity contribution in [3.63, 3.8) is 0 Å². The molecule has 0 aromatic carbocycles. The number of esters is 1. The van der Waals surface area contributed by atoms with Crippen LogP contribution < -0.4 is 0 Å². The Kier molecular flexibility index (Phi) is 39.2. The number of aliphatic hydroxyl groups is 3. The number of aliphatic hydroxyl groups excluding tert-OH is 3. The number of hydrogen-bond acceptors (Lipinski definition) is 11. The Labute approximate surface area is 379 Å². The molecule has 0 radical (unpaired) electrons. The fourth-order valence-electron chi connectivity index (χ4n) is 8.02. The summed E-state index contributed by atoms with van der Waals surface area (Å²) in [6, 6.07) is 0. The molecule has 0 aliphatic carbocycles.